The lowest BCUT2D eigenvalue weighted by Crippen LogP contribution is -2.11. The van der Waals surface area contributed by atoms with E-state index in [0.717, 1.165) is 34.0 Å². The van der Waals surface area contributed by atoms with Crippen molar-refractivity contribution < 1.29 is 13.6 Å². The molecule has 0 radical (unpaired) electrons. The number of nitrogens with zero attached hydrogens (tertiary/aromatic N) is 1. The van der Waals surface area contributed by atoms with Gasteiger partial charge in [-0.05, 0) is 36.4 Å². The van der Waals surface area contributed by atoms with Gasteiger partial charge in [-0.15, -0.1) is 11.3 Å². The maximum Gasteiger partial charge on any atom is 0.257 e. The maximum atomic E-state index is 13.7. The first kappa shape index (κ1) is 15.8. The van der Waals surface area contributed by atoms with Gasteiger partial charge in [0.25, 0.3) is 5.91 Å². The molecular formula is C16H9BrF2N2OS. The number of nitrogens with one attached hydrogen (secondary N) is 1. The summed E-state index contributed by atoms with van der Waals surface area (Å²) < 4.78 is 27.8. The van der Waals surface area contributed by atoms with Crippen molar-refractivity contribution in [3.05, 3.63) is 69.5 Å². The monoisotopic (exact) mass is 394 g/mol. The zero-order valence-electron chi connectivity index (χ0n) is 11.5. The molecular weight excluding hydrogens is 386 g/mol. The van der Waals surface area contributed by atoms with Crippen LogP contribution in [0.1, 0.15) is 10.4 Å². The van der Waals surface area contributed by atoms with Gasteiger partial charge >= 0.3 is 0 Å². The van der Waals surface area contributed by atoms with Gasteiger partial charge in [-0.1, -0.05) is 22.0 Å². The molecule has 3 rings (SSSR count). The number of amides is 1. The van der Waals surface area contributed by atoms with E-state index in [1.165, 1.54) is 0 Å². The van der Waals surface area contributed by atoms with Crippen LogP contribution in [0.15, 0.2) is 52.3 Å². The quantitative estimate of drug-likeness (QED) is 0.670. The average Bonchev–Trinajstić information content (AvgIpc) is 2.98. The minimum atomic E-state index is -0.568. The number of hydrogen-bond acceptors (Lipinski definition) is 3. The first-order valence-corrected chi connectivity index (χ1v) is 8.18. The predicted molar refractivity (Wildman–Crippen MR) is 89.6 cm³/mol. The standard InChI is InChI=1S/C16H9BrF2N2OS/c17-10-3-1-2-9(6-10)15(22)21-16-20-14(8-23-16)12-7-11(18)4-5-13(12)19/h1-8H,(H,20,21,22). The summed E-state index contributed by atoms with van der Waals surface area (Å²) in [4.78, 5) is 16.3. The van der Waals surface area contributed by atoms with Crippen LogP contribution >= 0.6 is 27.3 Å². The van der Waals surface area contributed by atoms with Crippen LogP contribution in [0, 0.1) is 11.6 Å². The molecule has 1 heterocycles. The Morgan fingerprint density at radius 3 is 2.78 bits per heavy atom. The third-order valence-corrected chi connectivity index (χ3v) is 4.27. The second-order valence-corrected chi connectivity index (χ2v) is 6.40. The number of benzene rings is 2. The summed E-state index contributed by atoms with van der Waals surface area (Å²) >= 11 is 4.44. The van der Waals surface area contributed by atoms with Crippen LogP contribution in [-0.4, -0.2) is 10.9 Å². The topological polar surface area (TPSA) is 42.0 Å². The van der Waals surface area contributed by atoms with E-state index in [1.54, 1.807) is 23.6 Å². The second kappa shape index (κ2) is 6.55. The fourth-order valence-corrected chi connectivity index (χ4v) is 3.05. The van der Waals surface area contributed by atoms with Gasteiger partial charge in [-0.25, -0.2) is 13.8 Å². The zero-order valence-corrected chi connectivity index (χ0v) is 13.9. The van der Waals surface area contributed by atoms with Crippen LogP contribution in [0.2, 0.25) is 0 Å². The highest BCUT2D eigenvalue weighted by atomic mass is 79.9. The van der Waals surface area contributed by atoms with Crippen molar-refractivity contribution in [1.82, 2.24) is 4.98 Å². The molecule has 2 aromatic carbocycles. The van der Waals surface area contributed by atoms with Gasteiger partial charge in [0, 0.05) is 21.0 Å². The van der Waals surface area contributed by atoms with Crippen molar-refractivity contribution in [3.63, 3.8) is 0 Å². The highest BCUT2D eigenvalue weighted by Crippen LogP contribution is 2.28. The minimum absolute atomic E-state index is 0.0594. The number of rotatable bonds is 3. The Labute approximate surface area is 143 Å². The van der Waals surface area contributed by atoms with E-state index in [1.807, 2.05) is 6.07 Å². The Bertz CT molecular complexity index is 882. The molecule has 0 aliphatic carbocycles. The van der Waals surface area contributed by atoms with Gasteiger partial charge < -0.3 is 0 Å². The lowest BCUT2D eigenvalue weighted by Gasteiger charge is -2.02. The van der Waals surface area contributed by atoms with E-state index in [0.29, 0.717) is 10.7 Å². The molecule has 0 unspecified atom stereocenters. The summed E-state index contributed by atoms with van der Waals surface area (Å²) in [5.74, 6) is -1.44. The molecule has 0 spiro atoms. The van der Waals surface area contributed by atoms with Crippen molar-refractivity contribution in [3.8, 4) is 11.3 Å². The molecule has 0 saturated carbocycles. The number of carbonyl (C=O) groups is 1. The summed E-state index contributed by atoms with van der Waals surface area (Å²) in [6.45, 7) is 0. The Balaban J connectivity index is 1.82. The van der Waals surface area contributed by atoms with E-state index in [-0.39, 0.29) is 17.2 Å². The predicted octanol–water partition coefficient (Wildman–Crippen LogP) is 5.10. The molecule has 23 heavy (non-hydrogen) atoms. The van der Waals surface area contributed by atoms with Crippen LogP contribution in [-0.2, 0) is 0 Å². The summed E-state index contributed by atoms with van der Waals surface area (Å²) in [5.41, 5.74) is 0.800. The first-order valence-electron chi connectivity index (χ1n) is 6.51. The largest absolute Gasteiger partial charge is 0.298 e. The normalized spacial score (nSPS) is 10.6. The molecule has 3 aromatic rings. The summed E-state index contributed by atoms with van der Waals surface area (Å²) in [6, 6.07) is 10.1. The molecule has 1 aromatic heterocycles. The van der Waals surface area contributed by atoms with Crippen LogP contribution in [0.3, 0.4) is 0 Å². The molecule has 0 atom stereocenters. The van der Waals surface area contributed by atoms with Crippen LogP contribution in [0.4, 0.5) is 13.9 Å². The molecule has 1 amide bonds. The highest BCUT2D eigenvalue weighted by molar-refractivity contribution is 9.10. The molecule has 3 nitrogen and oxygen atoms in total. The Morgan fingerprint density at radius 2 is 2.00 bits per heavy atom. The Morgan fingerprint density at radius 1 is 1.17 bits per heavy atom. The van der Waals surface area contributed by atoms with E-state index >= 15 is 0 Å². The van der Waals surface area contributed by atoms with Gasteiger partial charge in [0.2, 0.25) is 0 Å². The molecule has 0 aliphatic rings. The Hall–Kier alpha value is -2.12. The van der Waals surface area contributed by atoms with Crippen molar-refractivity contribution in [2.75, 3.05) is 5.32 Å². The maximum absolute atomic E-state index is 13.7. The van der Waals surface area contributed by atoms with E-state index < -0.39 is 11.6 Å². The van der Waals surface area contributed by atoms with Crippen molar-refractivity contribution in [2.45, 2.75) is 0 Å². The number of anilines is 1. The van der Waals surface area contributed by atoms with Crippen LogP contribution in [0.25, 0.3) is 11.3 Å². The van der Waals surface area contributed by atoms with Crippen molar-refractivity contribution in [2.24, 2.45) is 0 Å². The van der Waals surface area contributed by atoms with Crippen molar-refractivity contribution in [1.29, 1.82) is 0 Å². The summed E-state index contributed by atoms with van der Waals surface area (Å²) in [6.07, 6.45) is 0. The third-order valence-electron chi connectivity index (χ3n) is 3.02. The lowest BCUT2D eigenvalue weighted by atomic mass is 10.1. The molecule has 116 valence electrons. The van der Waals surface area contributed by atoms with Crippen molar-refractivity contribution >= 4 is 38.3 Å². The Kier molecular flexibility index (Phi) is 4.49. The summed E-state index contributed by atoms with van der Waals surface area (Å²) in [5, 5.41) is 4.52. The van der Waals surface area contributed by atoms with Gasteiger partial charge in [0.05, 0.1) is 5.69 Å². The van der Waals surface area contributed by atoms with Gasteiger partial charge in [0.1, 0.15) is 11.6 Å². The summed E-state index contributed by atoms with van der Waals surface area (Å²) in [7, 11) is 0. The molecule has 0 fully saturated rings. The molecule has 0 bridgehead atoms. The first-order chi connectivity index (χ1) is 11.0. The van der Waals surface area contributed by atoms with Gasteiger partial charge in [-0.2, -0.15) is 0 Å². The second-order valence-electron chi connectivity index (χ2n) is 4.63. The lowest BCUT2D eigenvalue weighted by molar-refractivity contribution is 0.102. The van der Waals surface area contributed by atoms with E-state index in [2.05, 4.69) is 26.2 Å². The van der Waals surface area contributed by atoms with Gasteiger partial charge in [-0.3, -0.25) is 10.1 Å². The third kappa shape index (κ3) is 3.62. The number of aromatic nitrogens is 1. The molecule has 0 aliphatic heterocycles. The molecule has 0 saturated heterocycles. The molecule has 7 heteroatoms. The number of halogens is 3. The van der Waals surface area contributed by atoms with Crippen LogP contribution < -0.4 is 5.32 Å². The average molecular weight is 395 g/mol. The smallest absolute Gasteiger partial charge is 0.257 e. The zero-order chi connectivity index (χ0) is 16.4. The van der Waals surface area contributed by atoms with Crippen LogP contribution in [0.5, 0.6) is 0 Å². The van der Waals surface area contributed by atoms with E-state index in [4.69, 9.17) is 0 Å². The van der Waals surface area contributed by atoms with Gasteiger partial charge in [0.15, 0.2) is 5.13 Å². The number of hydrogen-bond donors (Lipinski definition) is 1. The molecule has 1 N–H and O–H groups in total. The minimum Gasteiger partial charge on any atom is -0.298 e. The fourth-order valence-electron chi connectivity index (χ4n) is 1.95. The fraction of sp³-hybridized carbons (Fsp3) is 0. The number of thiazole rings is 1. The number of carbonyl (C=O) groups excluding carboxylic acids is 1. The SMILES string of the molecule is O=C(Nc1nc(-c2cc(F)ccc2F)cs1)c1cccc(Br)c1. The highest BCUT2D eigenvalue weighted by Gasteiger charge is 2.13. The van der Waals surface area contributed by atoms with E-state index in [9.17, 15) is 13.6 Å².